The molecule has 0 aromatic heterocycles. The number of hydrogen-bond donors (Lipinski definition) is 0. The van der Waals surface area contributed by atoms with Crippen LogP contribution in [0.4, 0.5) is 0 Å². The Balaban J connectivity index is 1.56. The second-order valence-electron chi connectivity index (χ2n) is 9.82. The smallest absolute Gasteiger partial charge is 0.339 e. The van der Waals surface area contributed by atoms with Crippen molar-refractivity contribution < 1.29 is 14.7 Å². The molecular formula is C26H26NO3. The van der Waals surface area contributed by atoms with E-state index in [0.29, 0.717) is 18.4 Å². The van der Waals surface area contributed by atoms with Crippen LogP contribution < -0.4 is 0 Å². The Morgan fingerprint density at radius 2 is 1.37 bits per heavy atom. The van der Waals surface area contributed by atoms with Crippen LogP contribution in [0.3, 0.4) is 0 Å². The zero-order valence-corrected chi connectivity index (χ0v) is 17.9. The first-order valence-electron chi connectivity index (χ1n) is 10.5. The van der Waals surface area contributed by atoms with Gasteiger partial charge in [-0.25, -0.2) is 4.79 Å². The second kappa shape index (κ2) is 6.40. The van der Waals surface area contributed by atoms with Gasteiger partial charge in [-0.05, 0) is 66.1 Å². The SMILES string of the molecule is CC1(C)CC(OC(=O)c2ccc3ccc4cccc5ccc2c3c45)CC(C)(C)N1[O]. The van der Waals surface area contributed by atoms with Gasteiger partial charge in [-0.1, -0.05) is 48.5 Å². The highest BCUT2D eigenvalue weighted by Gasteiger charge is 2.47. The van der Waals surface area contributed by atoms with Crippen molar-refractivity contribution in [2.45, 2.75) is 57.7 Å². The number of carbonyl (C=O) groups is 1. The fraction of sp³-hybridized carbons (Fsp3) is 0.346. The monoisotopic (exact) mass is 400 g/mol. The zero-order valence-electron chi connectivity index (χ0n) is 17.9. The van der Waals surface area contributed by atoms with E-state index in [0.717, 1.165) is 21.2 Å². The number of piperidine rings is 1. The Kier molecular flexibility index (Phi) is 4.12. The molecular weight excluding hydrogens is 374 g/mol. The maximum absolute atomic E-state index is 13.2. The third-order valence-corrected chi connectivity index (χ3v) is 6.58. The van der Waals surface area contributed by atoms with Gasteiger partial charge in [0.1, 0.15) is 6.10 Å². The Labute approximate surface area is 176 Å². The van der Waals surface area contributed by atoms with Crippen molar-refractivity contribution in [3.8, 4) is 0 Å². The molecule has 0 saturated carbocycles. The topological polar surface area (TPSA) is 49.4 Å². The van der Waals surface area contributed by atoms with E-state index in [9.17, 15) is 10.0 Å². The predicted molar refractivity (Wildman–Crippen MR) is 119 cm³/mol. The molecule has 1 fully saturated rings. The van der Waals surface area contributed by atoms with Gasteiger partial charge in [0.2, 0.25) is 0 Å². The minimum absolute atomic E-state index is 0.286. The van der Waals surface area contributed by atoms with Crippen LogP contribution in [-0.4, -0.2) is 28.2 Å². The van der Waals surface area contributed by atoms with Crippen molar-refractivity contribution in [2.75, 3.05) is 0 Å². The van der Waals surface area contributed by atoms with Crippen LogP contribution >= 0.6 is 0 Å². The van der Waals surface area contributed by atoms with Gasteiger partial charge >= 0.3 is 5.97 Å². The van der Waals surface area contributed by atoms with Crippen molar-refractivity contribution in [3.63, 3.8) is 0 Å². The minimum Gasteiger partial charge on any atom is -0.459 e. The number of rotatable bonds is 2. The maximum Gasteiger partial charge on any atom is 0.339 e. The maximum atomic E-state index is 13.2. The van der Waals surface area contributed by atoms with Crippen LogP contribution in [0.1, 0.15) is 50.9 Å². The van der Waals surface area contributed by atoms with Crippen molar-refractivity contribution >= 4 is 38.3 Å². The molecule has 0 aliphatic carbocycles. The van der Waals surface area contributed by atoms with Gasteiger partial charge in [0.05, 0.1) is 5.56 Å². The van der Waals surface area contributed by atoms with E-state index >= 15 is 0 Å². The summed E-state index contributed by atoms with van der Waals surface area (Å²) in [5, 5.41) is 20.4. The molecule has 5 rings (SSSR count). The molecule has 1 aliphatic rings. The molecule has 1 heterocycles. The molecule has 1 radical (unpaired) electrons. The summed E-state index contributed by atoms with van der Waals surface area (Å²) in [5.41, 5.74) is -0.564. The van der Waals surface area contributed by atoms with Gasteiger partial charge in [0.25, 0.3) is 0 Å². The summed E-state index contributed by atoms with van der Waals surface area (Å²) in [6.45, 7) is 7.66. The lowest BCUT2D eigenvalue weighted by atomic mass is 9.80. The lowest BCUT2D eigenvalue weighted by Gasteiger charge is -2.49. The fourth-order valence-electron chi connectivity index (χ4n) is 5.38. The van der Waals surface area contributed by atoms with E-state index in [1.807, 2.05) is 45.9 Å². The molecule has 0 bridgehead atoms. The molecule has 30 heavy (non-hydrogen) atoms. The molecule has 0 spiro atoms. The van der Waals surface area contributed by atoms with E-state index in [-0.39, 0.29) is 12.1 Å². The number of carbonyl (C=O) groups excluding carboxylic acids is 1. The normalized spacial score (nSPS) is 19.6. The number of esters is 1. The summed E-state index contributed by atoms with van der Waals surface area (Å²) in [6.07, 6.45) is 0.765. The molecule has 153 valence electrons. The average Bonchev–Trinajstić information content (AvgIpc) is 2.69. The van der Waals surface area contributed by atoms with E-state index in [2.05, 4.69) is 36.4 Å². The molecule has 0 N–H and O–H groups in total. The van der Waals surface area contributed by atoms with Crippen molar-refractivity contribution in [1.29, 1.82) is 0 Å². The molecule has 4 heteroatoms. The number of ether oxygens (including phenoxy) is 1. The number of hydrogen-bond acceptors (Lipinski definition) is 3. The number of hydroxylamine groups is 2. The van der Waals surface area contributed by atoms with E-state index in [1.165, 1.54) is 16.2 Å². The molecule has 1 saturated heterocycles. The molecule has 1 aliphatic heterocycles. The summed E-state index contributed by atoms with van der Waals surface area (Å²) in [5.74, 6) is -0.316. The van der Waals surface area contributed by atoms with Crippen LogP contribution in [-0.2, 0) is 9.94 Å². The highest BCUT2D eigenvalue weighted by atomic mass is 16.5. The lowest BCUT2D eigenvalue weighted by molar-refractivity contribution is -0.298. The Bertz CT molecular complexity index is 1240. The predicted octanol–water partition coefficient (Wildman–Crippen LogP) is 6.11. The van der Waals surface area contributed by atoms with Gasteiger partial charge in [-0.3, -0.25) is 0 Å². The van der Waals surface area contributed by atoms with Gasteiger partial charge in [0.15, 0.2) is 0 Å². The van der Waals surface area contributed by atoms with Crippen LogP contribution in [0.2, 0.25) is 0 Å². The largest absolute Gasteiger partial charge is 0.459 e. The number of nitrogens with zero attached hydrogens (tertiary/aromatic N) is 1. The molecule has 0 unspecified atom stereocenters. The highest BCUT2D eigenvalue weighted by molar-refractivity contribution is 6.25. The Morgan fingerprint density at radius 1 is 0.833 bits per heavy atom. The molecule has 0 atom stereocenters. The molecule has 0 amide bonds. The molecule has 4 aromatic rings. The lowest BCUT2D eigenvalue weighted by Crippen LogP contribution is -2.60. The summed E-state index contributed by atoms with van der Waals surface area (Å²) < 4.78 is 5.98. The van der Waals surface area contributed by atoms with Gasteiger partial charge in [-0.2, -0.15) is 0 Å². The van der Waals surface area contributed by atoms with Gasteiger partial charge < -0.3 is 4.74 Å². The Hall–Kier alpha value is -2.69. The van der Waals surface area contributed by atoms with Crippen LogP contribution in [0.25, 0.3) is 32.3 Å². The first-order valence-corrected chi connectivity index (χ1v) is 10.5. The standard InChI is InChI=1S/C26H26NO3/c1-25(2)14-19(15-26(3,4)27(25)29)30-24(28)21-13-11-18-9-8-16-6-5-7-17-10-12-20(21)23(18)22(16)17/h5-13,19H,14-15H2,1-4H3. The van der Waals surface area contributed by atoms with Crippen molar-refractivity contribution in [1.82, 2.24) is 5.06 Å². The first kappa shape index (κ1) is 19.3. The first-order chi connectivity index (χ1) is 14.2. The summed E-state index contributed by atoms with van der Waals surface area (Å²) in [6, 6.07) is 18.5. The highest BCUT2D eigenvalue weighted by Crippen LogP contribution is 2.40. The average molecular weight is 400 g/mol. The molecule has 4 aromatic carbocycles. The summed E-state index contributed by atoms with van der Waals surface area (Å²) in [7, 11) is 0. The van der Waals surface area contributed by atoms with E-state index in [1.54, 1.807) is 0 Å². The minimum atomic E-state index is -0.574. The van der Waals surface area contributed by atoms with Crippen molar-refractivity contribution in [3.05, 3.63) is 60.2 Å². The molecule has 4 nitrogen and oxygen atoms in total. The quantitative estimate of drug-likeness (QED) is 0.301. The third kappa shape index (κ3) is 2.86. The number of benzene rings is 4. The van der Waals surface area contributed by atoms with E-state index < -0.39 is 11.1 Å². The van der Waals surface area contributed by atoms with Crippen molar-refractivity contribution in [2.24, 2.45) is 0 Å². The zero-order chi connectivity index (χ0) is 21.3. The fourth-order valence-corrected chi connectivity index (χ4v) is 5.38. The summed E-state index contributed by atoms with van der Waals surface area (Å²) >= 11 is 0. The van der Waals surface area contributed by atoms with E-state index in [4.69, 9.17) is 4.74 Å². The van der Waals surface area contributed by atoms with Crippen LogP contribution in [0.5, 0.6) is 0 Å². The Morgan fingerprint density at radius 3 is 2.00 bits per heavy atom. The van der Waals surface area contributed by atoms with Crippen LogP contribution in [0, 0.1) is 0 Å². The van der Waals surface area contributed by atoms with Gasteiger partial charge in [-0.15, -0.1) is 10.3 Å². The van der Waals surface area contributed by atoms with Gasteiger partial charge in [0, 0.05) is 23.9 Å². The third-order valence-electron chi connectivity index (χ3n) is 6.58. The second-order valence-corrected chi connectivity index (χ2v) is 9.82. The summed E-state index contributed by atoms with van der Waals surface area (Å²) in [4.78, 5) is 13.2. The van der Waals surface area contributed by atoms with Crippen LogP contribution in [0.15, 0.2) is 54.6 Å².